The van der Waals surface area contributed by atoms with E-state index in [9.17, 15) is 18.0 Å². The third-order valence-corrected chi connectivity index (χ3v) is 8.29. The zero-order valence-electron chi connectivity index (χ0n) is 23.3. The number of amides is 2. The fraction of sp³-hybridized carbons (Fsp3) is 0.333. The molecule has 0 spiro atoms. The number of hydrogen-bond donors (Lipinski definition) is 1. The molecule has 0 fully saturated rings. The maximum Gasteiger partial charge on any atom is 0.264 e. The number of nitrogens with zero attached hydrogens (tertiary/aromatic N) is 2. The highest BCUT2D eigenvalue weighted by atomic mass is 35.5. The zero-order chi connectivity index (χ0) is 29.3. The van der Waals surface area contributed by atoms with Gasteiger partial charge in [-0.3, -0.25) is 13.9 Å². The summed E-state index contributed by atoms with van der Waals surface area (Å²) in [6.45, 7) is 7.49. The van der Waals surface area contributed by atoms with Crippen molar-refractivity contribution in [3.05, 3.63) is 88.9 Å². The maximum absolute atomic E-state index is 14.0. The number of carbonyl (C=O) groups excluding carboxylic acids is 2. The largest absolute Gasteiger partial charge is 0.492 e. The lowest BCUT2D eigenvalue weighted by molar-refractivity contribution is -0.139. The lowest BCUT2D eigenvalue weighted by Gasteiger charge is -2.32. The van der Waals surface area contributed by atoms with Crippen molar-refractivity contribution in [2.75, 3.05) is 24.0 Å². The Morgan fingerprint density at radius 3 is 2.35 bits per heavy atom. The van der Waals surface area contributed by atoms with Crippen molar-refractivity contribution in [3.63, 3.8) is 0 Å². The van der Waals surface area contributed by atoms with Crippen molar-refractivity contribution in [2.24, 2.45) is 0 Å². The Labute approximate surface area is 241 Å². The molecule has 0 radical (unpaired) electrons. The molecule has 0 aliphatic heterocycles. The number of hydrogen-bond acceptors (Lipinski definition) is 5. The summed E-state index contributed by atoms with van der Waals surface area (Å²) in [4.78, 5) is 28.4. The van der Waals surface area contributed by atoms with Crippen LogP contribution in [0.3, 0.4) is 0 Å². The summed E-state index contributed by atoms with van der Waals surface area (Å²) >= 11 is 6.18. The molecule has 0 aliphatic carbocycles. The van der Waals surface area contributed by atoms with Crippen LogP contribution in [0.4, 0.5) is 5.69 Å². The highest BCUT2D eigenvalue weighted by Gasteiger charge is 2.33. The Bertz CT molecular complexity index is 1410. The standard InChI is InChI=1S/C30H36ClN3O5S/c1-5-18-32-30(36)23(4)33(20-24-10-9-11-25(31)19-24)29(35)21-34(27-12-7-8-13-28(27)39-6-2)40(37,38)26-16-14-22(3)15-17-26/h7-17,19,23H,5-6,18,20-21H2,1-4H3,(H,32,36)/t23-/m1/s1. The number of carbonyl (C=O) groups is 2. The molecule has 1 atom stereocenters. The van der Waals surface area contributed by atoms with E-state index in [0.717, 1.165) is 16.3 Å². The van der Waals surface area contributed by atoms with Gasteiger partial charge < -0.3 is 15.0 Å². The first-order valence-corrected chi connectivity index (χ1v) is 15.0. The Morgan fingerprint density at radius 1 is 1.00 bits per heavy atom. The topological polar surface area (TPSA) is 96.0 Å². The van der Waals surface area contributed by atoms with Crippen molar-refractivity contribution in [3.8, 4) is 5.75 Å². The van der Waals surface area contributed by atoms with Gasteiger partial charge in [-0.1, -0.05) is 60.5 Å². The van der Waals surface area contributed by atoms with Crippen LogP contribution in [0.2, 0.25) is 5.02 Å². The van der Waals surface area contributed by atoms with E-state index in [2.05, 4.69) is 5.32 Å². The molecule has 3 aromatic carbocycles. The van der Waals surface area contributed by atoms with Gasteiger partial charge in [0.15, 0.2) is 0 Å². The van der Waals surface area contributed by atoms with E-state index in [0.29, 0.717) is 29.5 Å². The Kier molecular flexibility index (Phi) is 11.0. The minimum Gasteiger partial charge on any atom is -0.492 e. The van der Waals surface area contributed by atoms with Crippen molar-refractivity contribution >= 4 is 39.1 Å². The lowest BCUT2D eigenvalue weighted by atomic mass is 10.1. The molecular weight excluding hydrogens is 550 g/mol. The first kappa shape index (κ1) is 31.0. The molecule has 0 saturated heterocycles. The molecule has 1 N–H and O–H groups in total. The predicted octanol–water partition coefficient (Wildman–Crippen LogP) is 5.19. The van der Waals surface area contributed by atoms with Crippen LogP contribution >= 0.6 is 11.6 Å². The van der Waals surface area contributed by atoms with Gasteiger partial charge in [0.05, 0.1) is 17.2 Å². The van der Waals surface area contributed by atoms with Crippen LogP contribution in [0.1, 0.15) is 38.3 Å². The van der Waals surface area contributed by atoms with E-state index in [-0.39, 0.29) is 23.0 Å². The Hall–Kier alpha value is -3.56. The molecule has 0 heterocycles. The molecule has 3 aromatic rings. The third kappa shape index (κ3) is 7.76. The van der Waals surface area contributed by atoms with Crippen LogP contribution in [0.15, 0.2) is 77.7 Å². The van der Waals surface area contributed by atoms with Crippen molar-refractivity contribution in [1.82, 2.24) is 10.2 Å². The number of rotatable bonds is 13. The van der Waals surface area contributed by atoms with E-state index in [1.807, 2.05) is 13.8 Å². The summed E-state index contributed by atoms with van der Waals surface area (Å²) in [5.74, 6) is -0.565. The van der Waals surface area contributed by atoms with E-state index in [4.69, 9.17) is 16.3 Å². The Morgan fingerprint density at radius 2 is 1.70 bits per heavy atom. The van der Waals surface area contributed by atoms with Crippen molar-refractivity contribution in [2.45, 2.75) is 51.6 Å². The van der Waals surface area contributed by atoms with Gasteiger partial charge in [0, 0.05) is 18.1 Å². The van der Waals surface area contributed by atoms with Gasteiger partial charge in [-0.2, -0.15) is 0 Å². The summed E-state index contributed by atoms with van der Waals surface area (Å²) in [5.41, 5.74) is 1.83. The zero-order valence-corrected chi connectivity index (χ0v) is 24.8. The molecule has 10 heteroatoms. The summed E-state index contributed by atoms with van der Waals surface area (Å²) < 4.78 is 34.8. The number of aryl methyl sites for hydroxylation is 1. The van der Waals surface area contributed by atoms with Crippen LogP contribution in [-0.2, 0) is 26.2 Å². The fourth-order valence-corrected chi connectivity index (χ4v) is 5.74. The smallest absolute Gasteiger partial charge is 0.264 e. The second-order valence-electron chi connectivity index (χ2n) is 9.34. The van der Waals surface area contributed by atoms with Crippen LogP contribution < -0.4 is 14.4 Å². The molecule has 0 saturated carbocycles. The van der Waals surface area contributed by atoms with Gasteiger partial charge in [0.25, 0.3) is 10.0 Å². The van der Waals surface area contributed by atoms with Crippen molar-refractivity contribution < 1.29 is 22.7 Å². The molecule has 2 amide bonds. The highest BCUT2D eigenvalue weighted by molar-refractivity contribution is 7.92. The van der Waals surface area contributed by atoms with E-state index in [1.165, 1.54) is 17.0 Å². The van der Waals surface area contributed by atoms with Gasteiger partial charge in [-0.15, -0.1) is 0 Å². The molecule has 0 aromatic heterocycles. The monoisotopic (exact) mass is 585 g/mol. The molecular formula is C30H36ClN3O5S. The maximum atomic E-state index is 14.0. The fourth-order valence-electron chi connectivity index (χ4n) is 4.10. The van der Waals surface area contributed by atoms with Crippen LogP contribution in [0.5, 0.6) is 5.75 Å². The van der Waals surface area contributed by atoms with Gasteiger partial charge in [-0.25, -0.2) is 8.42 Å². The minimum absolute atomic E-state index is 0.0346. The second-order valence-corrected chi connectivity index (χ2v) is 11.6. The average Bonchev–Trinajstić information content (AvgIpc) is 2.93. The van der Waals surface area contributed by atoms with Gasteiger partial charge in [0.2, 0.25) is 11.8 Å². The van der Waals surface area contributed by atoms with Crippen LogP contribution in [0.25, 0.3) is 0 Å². The lowest BCUT2D eigenvalue weighted by Crippen LogP contribution is -2.51. The van der Waals surface area contributed by atoms with E-state index in [1.54, 1.807) is 74.5 Å². The van der Waals surface area contributed by atoms with E-state index >= 15 is 0 Å². The summed E-state index contributed by atoms with van der Waals surface area (Å²) in [6, 6.07) is 19.2. The highest BCUT2D eigenvalue weighted by Crippen LogP contribution is 2.33. The summed E-state index contributed by atoms with van der Waals surface area (Å²) in [6.07, 6.45) is 0.734. The van der Waals surface area contributed by atoms with Gasteiger partial charge in [-0.05, 0) is 69.2 Å². The first-order chi connectivity index (χ1) is 19.1. The average molecular weight is 586 g/mol. The van der Waals surface area contributed by atoms with Gasteiger partial charge in [0.1, 0.15) is 18.3 Å². The molecule has 40 heavy (non-hydrogen) atoms. The summed E-state index contributed by atoms with van der Waals surface area (Å²) in [5, 5.41) is 3.31. The minimum atomic E-state index is -4.20. The summed E-state index contributed by atoms with van der Waals surface area (Å²) in [7, 11) is -4.20. The number of anilines is 1. The number of benzene rings is 3. The quantitative estimate of drug-likeness (QED) is 0.298. The molecule has 0 aliphatic rings. The number of nitrogens with one attached hydrogen (secondary N) is 1. The molecule has 0 unspecified atom stereocenters. The number of sulfonamides is 1. The molecule has 3 rings (SSSR count). The number of para-hydroxylation sites is 2. The first-order valence-electron chi connectivity index (χ1n) is 13.2. The van der Waals surface area contributed by atoms with Crippen molar-refractivity contribution in [1.29, 1.82) is 0 Å². The molecule has 214 valence electrons. The second kappa shape index (κ2) is 14.2. The van der Waals surface area contributed by atoms with Crippen LogP contribution in [-0.4, -0.2) is 50.9 Å². The molecule has 8 nitrogen and oxygen atoms in total. The Balaban J connectivity index is 2.07. The molecule has 0 bridgehead atoms. The predicted molar refractivity (Wildman–Crippen MR) is 158 cm³/mol. The van der Waals surface area contributed by atoms with Crippen LogP contribution in [0, 0.1) is 6.92 Å². The third-order valence-electron chi connectivity index (χ3n) is 6.28. The van der Waals surface area contributed by atoms with Gasteiger partial charge >= 0.3 is 0 Å². The number of halogens is 1. The normalized spacial score (nSPS) is 11.9. The van der Waals surface area contributed by atoms with E-state index < -0.39 is 28.5 Å². The SMILES string of the molecule is CCCNC(=O)[C@@H](C)N(Cc1cccc(Cl)c1)C(=O)CN(c1ccccc1OCC)S(=O)(=O)c1ccc(C)cc1. The number of ether oxygens (including phenoxy) is 1.